The van der Waals surface area contributed by atoms with Crippen LogP contribution in [0.3, 0.4) is 0 Å². The molecule has 0 saturated heterocycles. The summed E-state index contributed by atoms with van der Waals surface area (Å²) < 4.78 is 5.74. The zero-order chi connectivity index (χ0) is 13.5. The Balaban J connectivity index is 2.10. The molecule has 1 aliphatic heterocycles. The highest BCUT2D eigenvalue weighted by Gasteiger charge is 2.48. The Morgan fingerprint density at radius 1 is 1.21 bits per heavy atom. The fourth-order valence-corrected chi connectivity index (χ4v) is 2.53. The summed E-state index contributed by atoms with van der Waals surface area (Å²) in [5.74, 6) is -0.454. The number of carbonyl (C=O) groups is 1. The number of rotatable bonds is 2. The van der Waals surface area contributed by atoms with Crippen molar-refractivity contribution < 1.29 is 14.6 Å². The molecule has 19 heavy (non-hydrogen) atoms. The summed E-state index contributed by atoms with van der Waals surface area (Å²) in [6.45, 7) is 0. The molecule has 0 fully saturated rings. The van der Waals surface area contributed by atoms with Gasteiger partial charge in [0.05, 0.1) is 0 Å². The monoisotopic (exact) mass is 274 g/mol. The summed E-state index contributed by atoms with van der Waals surface area (Å²) in [7, 11) is 0. The maximum Gasteiger partial charge on any atom is 0.353 e. The normalized spacial score (nSPS) is 20.7. The van der Waals surface area contributed by atoms with Crippen LogP contribution in [0.4, 0.5) is 0 Å². The lowest BCUT2D eigenvalue weighted by molar-refractivity contribution is -0.154. The van der Waals surface area contributed by atoms with Crippen molar-refractivity contribution in [3.63, 3.8) is 0 Å². The summed E-state index contributed by atoms with van der Waals surface area (Å²) in [6.07, 6.45) is 0.304. The van der Waals surface area contributed by atoms with Gasteiger partial charge in [0.15, 0.2) is 0 Å². The Kier molecular flexibility index (Phi) is 2.72. The van der Waals surface area contributed by atoms with E-state index in [2.05, 4.69) is 0 Å². The number of fused-ring (bicyclic) bond motifs is 1. The van der Waals surface area contributed by atoms with E-state index in [1.807, 2.05) is 12.1 Å². The van der Waals surface area contributed by atoms with E-state index in [0.717, 1.165) is 5.56 Å². The Hall–Kier alpha value is -2.00. The minimum atomic E-state index is -1.35. The molecule has 1 N–H and O–H groups in total. The predicted molar refractivity (Wildman–Crippen MR) is 71.5 cm³/mol. The van der Waals surface area contributed by atoms with Gasteiger partial charge in [0.25, 0.3) is 0 Å². The van der Waals surface area contributed by atoms with Gasteiger partial charge in [0, 0.05) is 17.0 Å². The number of ether oxygens (including phenoxy) is 1. The molecule has 2 aromatic carbocycles. The lowest BCUT2D eigenvalue weighted by Gasteiger charge is -2.24. The van der Waals surface area contributed by atoms with Crippen molar-refractivity contribution in [2.24, 2.45) is 0 Å². The molecule has 3 nitrogen and oxygen atoms in total. The maximum atomic E-state index is 11.7. The van der Waals surface area contributed by atoms with E-state index in [1.165, 1.54) is 0 Å². The predicted octanol–water partition coefficient (Wildman–Crippen LogP) is 3.26. The zero-order valence-electron chi connectivity index (χ0n) is 9.97. The van der Waals surface area contributed by atoms with Gasteiger partial charge in [-0.3, -0.25) is 0 Å². The maximum absolute atomic E-state index is 11.7. The third kappa shape index (κ3) is 1.87. The summed E-state index contributed by atoms with van der Waals surface area (Å²) in [5, 5.41) is 10.1. The van der Waals surface area contributed by atoms with Crippen molar-refractivity contribution in [3.05, 3.63) is 64.7 Å². The molecule has 1 aliphatic rings. The van der Waals surface area contributed by atoms with Gasteiger partial charge in [-0.15, -0.1) is 0 Å². The minimum Gasteiger partial charge on any atom is -0.478 e. The van der Waals surface area contributed by atoms with Gasteiger partial charge >= 0.3 is 5.97 Å². The lowest BCUT2D eigenvalue weighted by atomic mass is 9.89. The van der Waals surface area contributed by atoms with Crippen molar-refractivity contribution in [1.82, 2.24) is 0 Å². The van der Waals surface area contributed by atoms with Gasteiger partial charge < -0.3 is 9.84 Å². The van der Waals surface area contributed by atoms with E-state index in [1.54, 1.807) is 36.4 Å². The quantitative estimate of drug-likeness (QED) is 0.914. The van der Waals surface area contributed by atoms with Crippen molar-refractivity contribution in [2.75, 3.05) is 0 Å². The highest BCUT2D eigenvalue weighted by molar-refractivity contribution is 6.30. The Morgan fingerprint density at radius 2 is 1.95 bits per heavy atom. The van der Waals surface area contributed by atoms with Crippen LogP contribution < -0.4 is 4.74 Å². The third-order valence-electron chi connectivity index (χ3n) is 3.34. The first-order chi connectivity index (χ1) is 9.12. The van der Waals surface area contributed by atoms with Crippen LogP contribution in [0.25, 0.3) is 0 Å². The molecule has 1 unspecified atom stereocenters. The number of hydrogen-bond donors (Lipinski definition) is 1. The molecule has 3 rings (SSSR count). The Labute approximate surface area is 115 Å². The van der Waals surface area contributed by atoms with Crippen LogP contribution in [0.2, 0.25) is 5.02 Å². The third-order valence-corrected chi connectivity index (χ3v) is 3.57. The zero-order valence-corrected chi connectivity index (χ0v) is 10.7. The molecule has 0 radical (unpaired) electrons. The number of aliphatic carboxylic acids is 1. The van der Waals surface area contributed by atoms with E-state index in [4.69, 9.17) is 16.3 Å². The molecule has 1 atom stereocenters. The number of benzene rings is 2. The molecule has 0 saturated carbocycles. The molecular formula is C15H11ClO3. The summed E-state index contributed by atoms with van der Waals surface area (Å²) in [5.41, 5.74) is 0.138. The second kappa shape index (κ2) is 4.28. The standard InChI is InChI=1S/C15H11ClO3/c16-12-7-6-10-9-15(14(17)18,19-13(10)8-12)11-4-2-1-3-5-11/h1-8H,9H2,(H,17,18). The molecule has 96 valence electrons. The van der Waals surface area contributed by atoms with Crippen molar-refractivity contribution in [2.45, 2.75) is 12.0 Å². The fourth-order valence-electron chi connectivity index (χ4n) is 2.37. The van der Waals surface area contributed by atoms with Crippen LogP contribution in [0.5, 0.6) is 5.75 Å². The first kappa shape index (κ1) is 12.1. The molecule has 1 heterocycles. The van der Waals surface area contributed by atoms with Gasteiger partial charge in [-0.2, -0.15) is 0 Å². The first-order valence-corrected chi connectivity index (χ1v) is 6.26. The van der Waals surface area contributed by atoms with Crippen LogP contribution in [-0.2, 0) is 16.8 Å². The number of halogens is 1. The first-order valence-electron chi connectivity index (χ1n) is 5.88. The number of hydrogen-bond acceptors (Lipinski definition) is 2. The molecule has 0 aliphatic carbocycles. The average molecular weight is 275 g/mol. The van der Waals surface area contributed by atoms with Crippen LogP contribution in [0.15, 0.2) is 48.5 Å². The topological polar surface area (TPSA) is 46.5 Å². The highest BCUT2D eigenvalue weighted by Crippen LogP contribution is 2.42. The van der Waals surface area contributed by atoms with Crippen LogP contribution >= 0.6 is 11.6 Å². The van der Waals surface area contributed by atoms with E-state index in [9.17, 15) is 9.90 Å². The van der Waals surface area contributed by atoms with E-state index >= 15 is 0 Å². The van der Waals surface area contributed by atoms with Crippen LogP contribution in [-0.4, -0.2) is 11.1 Å². The van der Waals surface area contributed by atoms with Crippen molar-refractivity contribution in [1.29, 1.82) is 0 Å². The molecule has 0 amide bonds. The minimum absolute atomic E-state index is 0.304. The van der Waals surface area contributed by atoms with Crippen molar-refractivity contribution >= 4 is 17.6 Å². The fraction of sp³-hybridized carbons (Fsp3) is 0.133. The molecular weight excluding hydrogens is 264 g/mol. The summed E-state index contributed by atoms with van der Waals surface area (Å²) in [4.78, 5) is 11.7. The Bertz CT molecular complexity index is 639. The molecule has 0 aromatic heterocycles. The summed E-state index contributed by atoms with van der Waals surface area (Å²) in [6, 6.07) is 14.2. The number of carboxylic acids is 1. The van der Waals surface area contributed by atoms with Crippen LogP contribution in [0, 0.1) is 0 Å². The second-order valence-corrected chi connectivity index (χ2v) is 4.97. The van der Waals surface area contributed by atoms with Gasteiger partial charge in [-0.25, -0.2) is 4.79 Å². The smallest absolute Gasteiger partial charge is 0.353 e. The SMILES string of the molecule is O=C(O)C1(c2ccccc2)Cc2ccc(Cl)cc2O1. The molecule has 0 bridgehead atoms. The van der Waals surface area contributed by atoms with Gasteiger partial charge in [0.2, 0.25) is 5.60 Å². The largest absolute Gasteiger partial charge is 0.478 e. The molecule has 0 spiro atoms. The molecule has 2 aromatic rings. The average Bonchev–Trinajstić information content (AvgIpc) is 2.79. The van der Waals surface area contributed by atoms with Crippen molar-refractivity contribution in [3.8, 4) is 5.75 Å². The Morgan fingerprint density at radius 3 is 2.63 bits per heavy atom. The van der Waals surface area contributed by atoms with E-state index < -0.39 is 11.6 Å². The molecule has 4 heteroatoms. The highest BCUT2D eigenvalue weighted by atomic mass is 35.5. The van der Waals surface area contributed by atoms with Gasteiger partial charge in [-0.05, 0) is 17.7 Å². The van der Waals surface area contributed by atoms with Crippen LogP contribution in [0.1, 0.15) is 11.1 Å². The second-order valence-electron chi connectivity index (χ2n) is 4.53. The number of carboxylic acid groups (broad SMARTS) is 1. The van der Waals surface area contributed by atoms with Gasteiger partial charge in [-0.1, -0.05) is 48.0 Å². The lowest BCUT2D eigenvalue weighted by Crippen LogP contribution is -2.40. The summed E-state index contributed by atoms with van der Waals surface area (Å²) >= 11 is 5.91. The van der Waals surface area contributed by atoms with Gasteiger partial charge in [0.1, 0.15) is 5.75 Å². The van der Waals surface area contributed by atoms with E-state index in [-0.39, 0.29) is 0 Å². The van der Waals surface area contributed by atoms with E-state index in [0.29, 0.717) is 22.8 Å².